The van der Waals surface area contributed by atoms with E-state index in [0.29, 0.717) is 0 Å². The molecule has 0 nitrogen and oxygen atoms in total. The van der Waals surface area contributed by atoms with Crippen LogP contribution in [0, 0.1) is 5.41 Å². The molecule has 1 aliphatic rings. The largest absolute Gasteiger partial charge is 0.114 e. The summed E-state index contributed by atoms with van der Waals surface area (Å²) in [4.78, 5) is -0.236. The van der Waals surface area contributed by atoms with Gasteiger partial charge in [0.1, 0.15) is 0 Å². The van der Waals surface area contributed by atoms with Crippen LogP contribution in [-0.4, -0.2) is 4.87 Å². The smallest absolute Gasteiger partial charge is 0.0695 e. The van der Waals surface area contributed by atoms with Crippen molar-refractivity contribution < 1.29 is 0 Å². The maximum Gasteiger partial charge on any atom is 0.0695 e. The SMILES string of the molecule is C=C(C)c1ccc(C2=CCC(Cl)(CC)/C(=C\CCC)C2(C)C)cc1. The van der Waals surface area contributed by atoms with Gasteiger partial charge in [-0.3, -0.25) is 0 Å². The van der Waals surface area contributed by atoms with Crippen molar-refractivity contribution in [2.45, 2.75) is 65.2 Å². The van der Waals surface area contributed by atoms with Crippen LogP contribution in [0.3, 0.4) is 0 Å². The fraction of sp³-hybridized carbons (Fsp3) is 0.478. The van der Waals surface area contributed by atoms with E-state index in [1.54, 1.807) is 0 Å². The van der Waals surface area contributed by atoms with Crippen molar-refractivity contribution in [3.63, 3.8) is 0 Å². The van der Waals surface area contributed by atoms with Gasteiger partial charge in [0.15, 0.2) is 0 Å². The molecule has 0 amide bonds. The topological polar surface area (TPSA) is 0 Å². The third kappa shape index (κ3) is 3.54. The molecule has 2 rings (SSSR count). The Labute approximate surface area is 153 Å². The van der Waals surface area contributed by atoms with Crippen LogP contribution >= 0.6 is 11.6 Å². The van der Waals surface area contributed by atoms with Gasteiger partial charge in [-0.05, 0) is 48.5 Å². The molecule has 1 aromatic carbocycles. The van der Waals surface area contributed by atoms with Crippen molar-refractivity contribution in [3.05, 3.63) is 59.7 Å². The van der Waals surface area contributed by atoms with Gasteiger partial charge in [0.25, 0.3) is 0 Å². The van der Waals surface area contributed by atoms with Crippen LogP contribution < -0.4 is 0 Å². The summed E-state index contributed by atoms with van der Waals surface area (Å²) in [7, 11) is 0. The highest BCUT2D eigenvalue weighted by molar-refractivity contribution is 6.26. The molecule has 0 aliphatic heterocycles. The Morgan fingerprint density at radius 1 is 1.21 bits per heavy atom. The normalized spacial score (nSPS) is 24.8. The first-order valence-electron chi connectivity index (χ1n) is 9.13. The number of hydrogen-bond donors (Lipinski definition) is 0. The van der Waals surface area contributed by atoms with Crippen molar-refractivity contribution >= 4 is 22.7 Å². The molecule has 1 unspecified atom stereocenters. The molecule has 130 valence electrons. The standard InChI is InChI=1S/C23H31Cl/c1-7-9-10-21-22(5,6)20(15-16-23(21,24)8-2)19-13-11-18(12-14-19)17(3)4/h10-15H,3,7-9,16H2,1-2,4-6H3/b21-10-. The van der Waals surface area contributed by atoms with Gasteiger partial charge in [-0.1, -0.05) is 82.7 Å². The van der Waals surface area contributed by atoms with Gasteiger partial charge in [0, 0.05) is 5.41 Å². The molecule has 0 N–H and O–H groups in total. The predicted molar refractivity (Wildman–Crippen MR) is 109 cm³/mol. The van der Waals surface area contributed by atoms with Gasteiger partial charge in [0.2, 0.25) is 0 Å². The van der Waals surface area contributed by atoms with Crippen LogP contribution in [0.4, 0.5) is 0 Å². The van der Waals surface area contributed by atoms with E-state index < -0.39 is 0 Å². The Morgan fingerprint density at radius 3 is 2.33 bits per heavy atom. The van der Waals surface area contributed by atoms with Gasteiger partial charge in [-0.25, -0.2) is 0 Å². The summed E-state index contributed by atoms with van der Waals surface area (Å²) < 4.78 is 0. The molecule has 0 bridgehead atoms. The first-order chi connectivity index (χ1) is 11.3. The van der Waals surface area contributed by atoms with Crippen LogP contribution in [0.2, 0.25) is 0 Å². The lowest BCUT2D eigenvalue weighted by atomic mass is 9.64. The third-order valence-electron chi connectivity index (χ3n) is 5.35. The first-order valence-corrected chi connectivity index (χ1v) is 9.51. The monoisotopic (exact) mass is 342 g/mol. The highest BCUT2D eigenvalue weighted by Crippen LogP contribution is 2.54. The van der Waals surface area contributed by atoms with Crippen molar-refractivity contribution in [1.82, 2.24) is 0 Å². The summed E-state index contributed by atoms with van der Waals surface area (Å²) in [6.07, 6.45) is 8.87. The molecule has 0 aromatic heterocycles. The average molecular weight is 343 g/mol. The van der Waals surface area contributed by atoms with E-state index in [4.69, 9.17) is 11.6 Å². The van der Waals surface area contributed by atoms with E-state index in [-0.39, 0.29) is 10.3 Å². The van der Waals surface area contributed by atoms with E-state index in [2.05, 4.69) is 70.7 Å². The maximum absolute atomic E-state index is 7.04. The minimum absolute atomic E-state index is 0.0457. The lowest BCUT2D eigenvalue weighted by Crippen LogP contribution is -2.36. The summed E-state index contributed by atoms with van der Waals surface area (Å²) in [5, 5.41) is 0. The van der Waals surface area contributed by atoms with Gasteiger partial charge >= 0.3 is 0 Å². The number of benzene rings is 1. The van der Waals surface area contributed by atoms with E-state index in [0.717, 1.165) is 31.3 Å². The second-order valence-electron chi connectivity index (χ2n) is 7.53. The zero-order valence-corrected chi connectivity index (χ0v) is 16.6. The molecule has 1 heteroatoms. The molecule has 1 atom stereocenters. The zero-order valence-electron chi connectivity index (χ0n) is 15.9. The average Bonchev–Trinajstić information content (AvgIpc) is 2.54. The van der Waals surface area contributed by atoms with Crippen molar-refractivity contribution in [3.8, 4) is 0 Å². The second kappa shape index (κ2) is 7.31. The Kier molecular flexibility index (Phi) is 5.81. The third-order valence-corrected chi connectivity index (χ3v) is 5.97. The molecule has 0 radical (unpaired) electrons. The zero-order chi connectivity index (χ0) is 18.0. The first kappa shape index (κ1) is 19.1. The molecule has 0 heterocycles. The number of allylic oxidation sites excluding steroid dienone is 5. The summed E-state index contributed by atoms with van der Waals surface area (Å²) >= 11 is 7.04. The molecule has 0 fully saturated rings. The number of unbranched alkanes of at least 4 members (excludes halogenated alkanes) is 1. The minimum Gasteiger partial charge on any atom is -0.114 e. The van der Waals surface area contributed by atoms with E-state index in [9.17, 15) is 0 Å². The summed E-state index contributed by atoms with van der Waals surface area (Å²) in [6, 6.07) is 8.79. The summed E-state index contributed by atoms with van der Waals surface area (Å²) in [6.45, 7) is 15.1. The lowest BCUT2D eigenvalue weighted by molar-refractivity contribution is 0.469. The number of hydrogen-bond acceptors (Lipinski definition) is 0. The second-order valence-corrected chi connectivity index (χ2v) is 8.25. The number of halogens is 1. The molecular formula is C23H31Cl. The Hall–Kier alpha value is -1.27. The van der Waals surface area contributed by atoms with Gasteiger partial charge in [0.05, 0.1) is 4.87 Å². The fourth-order valence-electron chi connectivity index (χ4n) is 3.81. The van der Waals surface area contributed by atoms with E-state index >= 15 is 0 Å². The van der Waals surface area contributed by atoms with E-state index in [1.165, 1.54) is 22.3 Å². The number of alkyl halides is 1. The summed E-state index contributed by atoms with van der Waals surface area (Å²) in [5.41, 5.74) is 6.34. The molecule has 1 aromatic rings. The fourth-order valence-corrected chi connectivity index (χ4v) is 4.20. The summed E-state index contributed by atoms with van der Waals surface area (Å²) in [5.74, 6) is 0. The van der Waals surface area contributed by atoms with Crippen LogP contribution in [-0.2, 0) is 0 Å². The van der Waals surface area contributed by atoms with Gasteiger partial charge in [-0.2, -0.15) is 0 Å². The minimum atomic E-state index is -0.236. The molecule has 1 aliphatic carbocycles. The van der Waals surface area contributed by atoms with Gasteiger partial charge < -0.3 is 0 Å². The lowest BCUT2D eigenvalue weighted by Gasteiger charge is -2.44. The predicted octanol–water partition coefficient (Wildman–Crippen LogP) is 7.65. The molecular weight excluding hydrogens is 312 g/mol. The van der Waals surface area contributed by atoms with Crippen molar-refractivity contribution in [1.29, 1.82) is 0 Å². The van der Waals surface area contributed by atoms with Crippen molar-refractivity contribution in [2.24, 2.45) is 5.41 Å². The Balaban J connectivity index is 2.49. The molecule has 0 saturated carbocycles. The maximum atomic E-state index is 7.04. The number of rotatable bonds is 5. The van der Waals surface area contributed by atoms with Crippen LogP contribution in [0.15, 0.2) is 48.6 Å². The highest BCUT2D eigenvalue weighted by atomic mass is 35.5. The molecule has 0 spiro atoms. The van der Waals surface area contributed by atoms with Crippen LogP contribution in [0.5, 0.6) is 0 Å². The van der Waals surface area contributed by atoms with E-state index in [1.807, 2.05) is 6.92 Å². The Bertz CT molecular complexity index is 658. The highest BCUT2D eigenvalue weighted by Gasteiger charge is 2.43. The van der Waals surface area contributed by atoms with Crippen LogP contribution in [0.1, 0.15) is 71.4 Å². The van der Waals surface area contributed by atoms with Crippen LogP contribution in [0.25, 0.3) is 11.1 Å². The quantitative estimate of drug-likeness (QED) is 0.380. The van der Waals surface area contributed by atoms with Gasteiger partial charge in [-0.15, -0.1) is 11.6 Å². The van der Waals surface area contributed by atoms with Crippen molar-refractivity contribution in [2.75, 3.05) is 0 Å². The molecule has 0 saturated heterocycles. The Morgan fingerprint density at radius 2 is 1.83 bits per heavy atom. The molecule has 24 heavy (non-hydrogen) atoms.